The van der Waals surface area contributed by atoms with E-state index >= 15 is 0 Å². The van der Waals surface area contributed by atoms with E-state index in [1.54, 1.807) is 22.3 Å². The second-order valence-electron chi connectivity index (χ2n) is 19.5. The number of hydrogen-bond acceptors (Lipinski definition) is 2. The molecule has 2 unspecified atom stereocenters. The van der Waals surface area contributed by atoms with Gasteiger partial charge in [0.05, 0.1) is 5.69 Å². The number of anilines is 6. The minimum absolute atomic E-state index is 0.110. The average Bonchev–Trinajstić information content (AvgIpc) is 4.17. The third-order valence-corrected chi connectivity index (χ3v) is 17.4. The van der Waals surface area contributed by atoms with Crippen molar-refractivity contribution in [1.82, 2.24) is 0 Å². The predicted molar refractivity (Wildman–Crippen MR) is 244 cm³/mol. The molecule has 0 N–H and O–H groups in total. The molecule has 2 aliphatic heterocycles. The lowest BCUT2D eigenvalue weighted by atomic mass is 9.33. The lowest BCUT2D eigenvalue weighted by molar-refractivity contribution is 0.327. The molecule has 4 fully saturated rings. The highest BCUT2D eigenvalue weighted by atomic mass is 15.2. The fraction of sp³-hybridized carbons (Fsp3) is 0.250. The minimum Gasteiger partial charge on any atom is -0.311 e. The number of hydrogen-bond donors (Lipinski definition) is 0. The van der Waals surface area contributed by atoms with Gasteiger partial charge in [-0.2, -0.15) is 0 Å². The number of fused-ring (bicyclic) bond motifs is 21. The zero-order valence-electron chi connectivity index (χ0n) is 33.4. The van der Waals surface area contributed by atoms with Crippen molar-refractivity contribution in [1.29, 1.82) is 0 Å². The first kappa shape index (κ1) is 32.1. The SMILES string of the molecule is c1ccc(N2c3cccc4c3B(c3ccccc3N4c3cccc4c3-c3ccccc3[C@@]43C[C@@H]4CC[C@H]3C4)c3ccc4c(c32)-c2ccccc2[C@]42CC3CCC2C3)cc1. The van der Waals surface area contributed by atoms with Crippen molar-refractivity contribution in [2.75, 3.05) is 9.80 Å². The van der Waals surface area contributed by atoms with Gasteiger partial charge in [-0.1, -0.05) is 128 Å². The first-order valence-corrected chi connectivity index (χ1v) is 22.6. The van der Waals surface area contributed by atoms with Crippen LogP contribution < -0.4 is 26.2 Å². The van der Waals surface area contributed by atoms with Gasteiger partial charge in [-0.25, -0.2) is 0 Å². The first-order valence-electron chi connectivity index (χ1n) is 22.6. The van der Waals surface area contributed by atoms with Gasteiger partial charge in [-0.05, 0) is 148 Å². The van der Waals surface area contributed by atoms with E-state index in [1.807, 2.05) is 0 Å². The molecule has 2 nitrogen and oxygen atoms in total. The fourth-order valence-electron chi connectivity index (χ4n) is 15.6. The lowest BCUT2D eigenvalue weighted by Gasteiger charge is -2.45. The monoisotopic (exact) mass is 756 g/mol. The van der Waals surface area contributed by atoms with Crippen LogP contribution in [0, 0.1) is 23.7 Å². The molecule has 8 aliphatic rings. The Hall–Kier alpha value is -5.80. The van der Waals surface area contributed by atoms with Gasteiger partial charge in [0, 0.05) is 50.4 Å². The van der Waals surface area contributed by atoms with Crippen LogP contribution in [-0.2, 0) is 10.8 Å². The summed E-state index contributed by atoms with van der Waals surface area (Å²) >= 11 is 0. The van der Waals surface area contributed by atoms with Crippen LogP contribution in [-0.4, -0.2) is 6.71 Å². The zero-order chi connectivity index (χ0) is 38.2. The van der Waals surface area contributed by atoms with E-state index in [9.17, 15) is 0 Å². The molecule has 4 bridgehead atoms. The predicted octanol–water partition coefficient (Wildman–Crippen LogP) is 11.9. The molecule has 0 saturated heterocycles. The van der Waals surface area contributed by atoms with Crippen LogP contribution in [0.25, 0.3) is 22.3 Å². The zero-order valence-corrected chi connectivity index (χ0v) is 33.4. The second-order valence-corrected chi connectivity index (χ2v) is 19.5. The Balaban J connectivity index is 1.01. The maximum absolute atomic E-state index is 2.67. The summed E-state index contributed by atoms with van der Waals surface area (Å²) in [7, 11) is 0. The van der Waals surface area contributed by atoms with E-state index in [-0.39, 0.29) is 17.5 Å². The third-order valence-electron chi connectivity index (χ3n) is 17.4. The highest BCUT2D eigenvalue weighted by Gasteiger charge is 2.59. The summed E-state index contributed by atoms with van der Waals surface area (Å²) < 4.78 is 0. The Morgan fingerprint density at radius 3 is 1.68 bits per heavy atom. The van der Waals surface area contributed by atoms with E-state index in [4.69, 9.17) is 0 Å². The Labute approximate surface area is 347 Å². The Kier molecular flexibility index (Phi) is 6.02. The van der Waals surface area contributed by atoms with Gasteiger partial charge in [0.2, 0.25) is 0 Å². The standard InChI is InChI=1S/C56H45BN2/c1-2-12-38(13-3-1)58-49-22-11-23-50-53(49)57(46-29-28-44-52(54(46)58)40-15-5-7-17-42(40)56(44)33-35-25-27-37(56)31-35)45-19-8-9-20-47(45)59(50)48-21-10-18-43-51(48)39-14-4-6-16-41(39)55(43)32-34-24-26-36(55)30-34/h1-23,28-29,34-37H,24-27,30-33H2/t34-,35?,36+,37?,55+,56-/m1/s1. The highest BCUT2D eigenvalue weighted by molar-refractivity contribution is 7.00. The molecule has 2 heterocycles. The normalized spacial score (nSPS) is 27.5. The molecule has 6 atom stereocenters. The molecule has 282 valence electrons. The molecular weight excluding hydrogens is 711 g/mol. The summed E-state index contributed by atoms with van der Waals surface area (Å²) in [5.74, 6) is 3.14. The van der Waals surface area contributed by atoms with Crippen molar-refractivity contribution in [3.63, 3.8) is 0 Å². The van der Waals surface area contributed by atoms with E-state index in [1.165, 1.54) is 124 Å². The van der Waals surface area contributed by atoms with E-state index in [2.05, 4.69) is 161 Å². The van der Waals surface area contributed by atoms with Crippen molar-refractivity contribution in [2.45, 2.75) is 62.2 Å². The molecule has 0 aromatic heterocycles. The maximum Gasteiger partial charge on any atom is 0.252 e. The van der Waals surface area contributed by atoms with Gasteiger partial charge in [0.25, 0.3) is 6.71 Å². The van der Waals surface area contributed by atoms with Gasteiger partial charge >= 0.3 is 0 Å². The topological polar surface area (TPSA) is 6.48 Å². The van der Waals surface area contributed by atoms with E-state index < -0.39 is 0 Å². The number of rotatable bonds is 2. The molecule has 15 rings (SSSR count). The molecule has 0 radical (unpaired) electrons. The average molecular weight is 757 g/mol. The number of nitrogens with zero attached hydrogens (tertiary/aromatic N) is 2. The molecule has 7 aromatic carbocycles. The lowest BCUT2D eigenvalue weighted by Crippen LogP contribution is -2.61. The summed E-state index contributed by atoms with van der Waals surface area (Å²) in [6.07, 6.45) is 10.8. The number of benzene rings is 7. The van der Waals surface area contributed by atoms with Crippen LogP contribution >= 0.6 is 0 Å². The molecule has 3 heteroatoms. The van der Waals surface area contributed by atoms with Gasteiger partial charge in [-0.15, -0.1) is 0 Å². The maximum atomic E-state index is 2.67. The Bertz CT molecular complexity index is 2970. The van der Waals surface area contributed by atoms with Crippen molar-refractivity contribution in [3.8, 4) is 22.3 Å². The van der Waals surface area contributed by atoms with Gasteiger partial charge < -0.3 is 9.80 Å². The van der Waals surface area contributed by atoms with Gasteiger partial charge in [-0.3, -0.25) is 0 Å². The van der Waals surface area contributed by atoms with E-state index in [0.717, 1.165) is 23.7 Å². The Morgan fingerprint density at radius 2 is 0.983 bits per heavy atom. The fourth-order valence-corrected chi connectivity index (χ4v) is 15.6. The molecule has 6 aliphatic carbocycles. The minimum atomic E-state index is 0.110. The third kappa shape index (κ3) is 3.71. The van der Waals surface area contributed by atoms with Crippen molar-refractivity contribution in [3.05, 3.63) is 174 Å². The second kappa shape index (κ2) is 11.1. The van der Waals surface area contributed by atoms with Crippen LogP contribution in [0.15, 0.2) is 152 Å². The summed E-state index contributed by atoms with van der Waals surface area (Å²) in [5.41, 5.74) is 24.6. The van der Waals surface area contributed by atoms with E-state index in [0.29, 0.717) is 0 Å². The van der Waals surface area contributed by atoms with Crippen LogP contribution in [0.5, 0.6) is 0 Å². The number of para-hydroxylation sites is 2. The van der Waals surface area contributed by atoms with Crippen LogP contribution in [0.2, 0.25) is 0 Å². The summed E-state index contributed by atoms with van der Waals surface area (Å²) in [5, 5.41) is 0. The smallest absolute Gasteiger partial charge is 0.252 e. The summed E-state index contributed by atoms with van der Waals surface area (Å²) in [6, 6.07) is 59.5. The van der Waals surface area contributed by atoms with Gasteiger partial charge in [0.1, 0.15) is 0 Å². The quantitative estimate of drug-likeness (QED) is 0.162. The molecule has 0 amide bonds. The largest absolute Gasteiger partial charge is 0.311 e. The van der Waals surface area contributed by atoms with Gasteiger partial charge in [0.15, 0.2) is 0 Å². The highest BCUT2D eigenvalue weighted by Crippen LogP contribution is 2.69. The molecule has 7 aromatic rings. The van der Waals surface area contributed by atoms with Crippen LogP contribution in [0.1, 0.15) is 73.6 Å². The first-order chi connectivity index (χ1) is 29.2. The van der Waals surface area contributed by atoms with Crippen molar-refractivity contribution in [2.24, 2.45) is 23.7 Å². The van der Waals surface area contributed by atoms with Crippen molar-refractivity contribution >= 4 is 57.2 Å². The summed E-state index contributed by atoms with van der Waals surface area (Å²) in [6.45, 7) is 0.110. The Morgan fingerprint density at radius 1 is 0.424 bits per heavy atom. The van der Waals surface area contributed by atoms with Crippen LogP contribution in [0.4, 0.5) is 34.1 Å². The molecule has 4 saturated carbocycles. The van der Waals surface area contributed by atoms with Crippen LogP contribution in [0.3, 0.4) is 0 Å². The molecule has 2 spiro atoms. The summed E-state index contributed by atoms with van der Waals surface area (Å²) in [4.78, 5) is 5.35. The molecule has 59 heavy (non-hydrogen) atoms. The van der Waals surface area contributed by atoms with Crippen molar-refractivity contribution < 1.29 is 0 Å². The molecular formula is C56H45BN2.